The Morgan fingerprint density at radius 3 is 2.52 bits per heavy atom. The van der Waals surface area contributed by atoms with Crippen molar-refractivity contribution in [3.8, 4) is 5.75 Å². The number of hydrogen-bond donors (Lipinski definition) is 2. The third kappa shape index (κ3) is 3.48. The van der Waals surface area contributed by atoms with E-state index in [1.54, 1.807) is 31.4 Å². The zero-order valence-electron chi connectivity index (χ0n) is 11.0. The summed E-state index contributed by atoms with van der Waals surface area (Å²) >= 11 is 4.40. The van der Waals surface area contributed by atoms with E-state index in [-0.39, 0.29) is 10.3 Å². The summed E-state index contributed by atoms with van der Waals surface area (Å²) in [5, 5.41) is 11.5. The molecule has 0 saturated heterocycles. The van der Waals surface area contributed by atoms with Gasteiger partial charge in [0.25, 0.3) is 0 Å². The Hall–Kier alpha value is -1.73. The van der Waals surface area contributed by atoms with Crippen LogP contribution < -0.4 is 10.5 Å². The number of benzene rings is 2. The van der Waals surface area contributed by atoms with Crippen molar-refractivity contribution in [2.75, 3.05) is 7.11 Å². The summed E-state index contributed by atoms with van der Waals surface area (Å²) in [6.45, 7) is 0. The summed E-state index contributed by atoms with van der Waals surface area (Å²) in [5.74, 6) is 0.130. The van der Waals surface area contributed by atoms with E-state index in [1.165, 1.54) is 11.8 Å². The molecule has 0 radical (unpaired) electrons. The van der Waals surface area contributed by atoms with E-state index in [9.17, 15) is 4.39 Å². The third-order valence-corrected chi connectivity index (χ3v) is 4.54. The number of halogens is 2. The van der Waals surface area contributed by atoms with Gasteiger partial charge in [0.05, 0.1) is 11.6 Å². The van der Waals surface area contributed by atoms with Crippen LogP contribution in [0.4, 0.5) is 4.39 Å². The number of oxime groups is 1. The molecule has 4 nitrogen and oxygen atoms in total. The van der Waals surface area contributed by atoms with Gasteiger partial charge < -0.3 is 15.7 Å². The lowest BCUT2D eigenvalue weighted by molar-refractivity contribution is 0.318. The minimum Gasteiger partial charge on any atom is -0.497 e. The lowest BCUT2D eigenvalue weighted by Gasteiger charge is -2.09. The van der Waals surface area contributed by atoms with Crippen LogP contribution in [-0.4, -0.2) is 18.2 Å². The lowest BCUT2D eigenvalue weighted by Crippen LogP contribution is -2.14. The quantitative estimate of drug-likeness (QED) is 0.371. The van der Waals surface area contributed by atoms with Crippen LogP contribution in [0, 0.1) is 5.82 Å². The molecular weight excluding hydrogens is 359 g/mol. The van der Waals surface area contributed by atoms with Gasteiger partial charge in [0.1, 0.15) is 5.75 Å². The molecule has 110 valence electrons. The highest BCUT2D eigenvalue weighted by Crippen LogP contribution is 2.35. The highest BCUT2D eigenvalue weighted by Gasteiger charge is 2.14. The molecule has 0 amide bonds. The summed E-state index contributed by atoms with van der Waals surface area (Å²) in [5.41, 5.74) is 5.78. The zero-order valence-corrected chi connectivity index (χ0v) is 13.4. The van der Waals surface area contributed by atoms with Gasteiger partial charge in [-0.25, -0.2) is 4.39 Å². The molecule has 0 spiro atoms. The topological polar surface area (TPSA) is 67.8 Å². The normalized spacial score (nSPS) is 11.5. The van der Waals surface area contributed by atoms with Crippen molar-refractivity contribution in [3.05, 3.63) is 52.3 Å². The van der Waals surface area contributed by atoms with Gasteiger partial charge in [0.2, 0.25) is 0 Å². The number of hydrogen-bond acceptors (Lipinski definition) is 4. The summed E-state index contributed by atoms with van der Waals surface area (Å²) in [4.78, 5) is 1.31. The smallest absolute Gasteiger partial charge is 0.171 e. The average molecular weight is 371 g/mol. The van der Waals surface area contributed by atoms with Gasteiger partial charge in [0.15, 0.2) is 11.7 Å². The van der Waals surface area contributed by atoms with Gasteiger partial charge in [-0.2, -0.15) is 0 Å². The molecule has 2 aromatic carbocycles. The van der Waals surface area contributed by atoms with E-state index in [0.29, 0.717) is 10.5 Å². The van der Waals surface area contributed by atoms with Gasteiger partial charge in [-0.3, -0.25) is 0 Å². The highest BCUT2D eigenvalue weighted by molar-refractivity contribution is 9.10. The Morgan fingerprint density at radius 1 is 1.29 bits per heavy atom. The first kappa shape index (κ1) is 15.7. The molecule has 0 atom stereocenters. The fourth-order valence-corrected chi connectivity index (χ4v) is 3.17. The molecule has 0 unspecified atom stereocenters. The Bertz CT molecular complexity index is 677. The monoisotopic (exact) mass is 370 g/mol. The van der Waals surface area contributed by atoms with Crippen molar-refractivity contribution in [2.45, 2.75) is 9.79 Å². The van der Waals surface area contributed by atoms with Crippen LogP contribution in [0.5, 0.6) is 5.75 Å². The first-order chi connectivity index (χ1) is 10.1. The number of nitrogens with zero attached hydrogens (tertiary/aromatic N) is 1. The van der Waals surface area contributed by atoms with E-state index in [2.05, 4.69) is 21.1 Å². The number of nitrogens with two attached hydrogens (primary N) is 1. The SMILES string of the molecule is COc1ccc(Sc2ccc(/C(N)=N/O)c(Br)c2F)cc1. The van der Waals surface area contributed by atoms with Gasteiger partial charge in [-0.15, -0.1) is 0 Å². The molecule has 2 rings (SSSR count). The summed E-state index contributed by atoms with van der Waals surface area (Å²) in [7, 11) is 1.59. The molecule has 0 aliphatic heterocycles. The van der Waals surface area contributed by atoms with Crippen LogP contribution in [0.2, 0.25) is 0 Å². The first-order valence-corrected chi connectivity index (χ1v) is 7.45. The van der Waals surface area contributed by atoms with Gasteiger partial charge in [-0.05, 0) is 52.3 Å². The molecule has 0 saturated carbocycles. The van der Waals surface area contributed by atoms with Crippen LogP contribution in [0.1, 0.15) is 5.56 Å². The van der Waals surface area contributed by atoms with Gasteiger partial charge >= 0.3 is 0 Å². The van der Waals surface area contributed by atoms with Crippen molar-refractivity contribution < 1.29 is 14.3 Å². The summed E-state index contributed by atoms with van der Waals surface area (Å²) < 4.78 is 19.5. The Labute approximate surface area is 133 Å². The second-order valence-electron chi connectivity index (χ2n) is 4.00. The lowest BCUT2D eigenvalue weighted by atomic mass is 10.2. The first-order valence-electron chi connectivity index (χ1n) is 5.84. The Morgan fingerprint density at radius 2 is 1.95 bits per heavy atom. The van der Waals surface area contributed by atoms with Gasteiger partial charge in [0, 0.05) is 15.4 Å². The average Bonchev–Trinajstić information content (AvgIpc) is 2.52. The third-order valence-electron chi connectivity index (χ3n) is 2.72. The number of rotatable bonds is 4. The number of ether oxygens (including phenoxy) is 1. The van der Waals surface area contributed by atoms with E-state index < -0.39 is 5.82 Å². The molecular formula is C14H12BrFN2O2S. The van der Waals surface area contributed by atoms with E-state index >= 15 is 0 Å². The standard InChI is InChI=1S/C14H12BrFN2O2S/c1-20-8-2-4-9(5-3-8)21-11-7-6-10(14(17)18-19)12(15)13(11)16/h2-7,19H,1H3,(H2,17,18). The van der Waals surface area contributed by atoms with E-state index in [4.69, 9.17) is 15.7 Å². The number of amidine groups is 1. The molecule has 0 heterocycles. The predicted octanol–water partition coefficient (Wildman–Crippen LogP) is 3.84. The van der Waals surface area contributed by atoms with Crippen molar-refractivity contribution >= 4 is 33.5 Å². The molecule has 21 heavy (non-hydrogen) atoms. The second-order valence-corrected chi connectivity index (χ2v) is 5.91. The molecule has 0 bridgehead atoms. The number of methoxy groups -OCH3 is 1. The summed E-state index contributed by atoms with van der Waals surface area (Å²) in [6, 6.07) is 10.5. The van der Waals surface area contributed by atoms with Crippen LogP contribution in [0.25, 0.3) is 0 Å². The molecule has 0 fully saturated rings. The van der Waals surface area contributed by atoms with Crippen molar-refractivity contribution in [1.82, 2.24) is 0 Å². The highest BCUT2D eigenvalue weighted by atomic mass is 79.9. The fraction of sp³-hybridized carbons (Fsp3) is 0.0714. The van der Waals surface area contributed by atoms with Gasteiger partial charge in [-0.1, -0.05) is 16.9 Å². The zero-order chi connectivity index (χ0) is 15.4. The molecule has 0 aromatic heterocycles. The van der Waals surface area contributed by atoms with E-state index in [0.717, 1.165) is 10.6 Å². The van der Waals surface area contributed by atoms with Crippen molar-refractivity contribution in [3.63, 3.8) is 0 Å². The molecule has 0 aliphatic rings. The largest absolute Gasteiger partial charge is 0.497 e. The van der Waals surface area contributed by atoms with Crippen LogP contribution in [-0.2, 0) is 0 Å². The predicted molar refractivity (Wildman–Crippen MR) is 83.7 cm³/mol. The maximum absolute atomic E-state index is 14.3. The molecule has 0 aliphatic carbocycles. The fourth-order valence-electron chi connectivity index (χ4n) is 1.63. The minimum atomic E-state index is -0.458. The Balaban J connectivity index is 2.30. The maximum Gasteiger partial charge on any atom is 0.171 e. The second kappa shape index (κ2) is 6.82. The Kier molecular flexibility index (Phi) is 5.08. The van der Waals surface area contributed by atoms with Crippen LogP contribution in [0.15, 0.2) is 55.8 Å². The molecule has 3 N–H and O–H groups in total. The van der Waals surface area contributed by atoms with Crippen molar-refractivity contribution in [1.29, 1.82) is 0 Å². The summed E-state index contributed by atoms with van der Waals surface area (Å²) in [6.07, 6.45) is 0. The van der Waals surface area contributed by atoms with Crippen LogP contribution >= 0.6 is 27.7 Å². The molecule has 2 aromatic rings. The maximum atomic E-state index is 14.3. The minimum absolute atomic E-state index is 0.151. The molecule has 7 heteroatoms. The van der Waals surface area contributed by atoms with Crippen LogP contribution in [0.3, 0.4) is 0 Å². The van der Waals surface area contributed by atoms with E-state index in [1.807, 2.05) is 12.1 Å². The van der Waals surface area contributed by atoms with Crippen molar-refractivity contribution in [2.24, 2.45) is 10.9 Å².